The molecule has 2 aromatic rings. The van der Waals surface area contributed by atoms with Crippen molar-refractivity contribution in [1.29, 1.82) is 0 Å². The summed E-state index contributed by atoms with van der Waals surface area (Å²) < 4.78 is 12.8. The number of amides is 1. The van der Waals surface area contributed by atoms with Crippen LogP contribution in [0.2, 0.25) is 5.02 Å². The summed E-state index contributed by atoms with van der Waals surface area (Å²) in [6.45, 7) is 2.65. The van der Waals surface area contributed by atoms with Gasteiger partial charge in [0, 0.05) is 17.3 Å². The van der Waals surface area contributed by atoms with Gasteiger partial charge in [0.2, 0.25) is 5.91 Å². The summed E-state index contributed by atoms with van der Waals surface area (Å²) in [5.41, 5.74) is 2.87. The van der Waals surface area contributed by atoms with Crippen LogP contribution >= 0.6 is 11.6 Å². The molecule has 3 nitrogen and oxygen atoms in total. The van der Waals surface area contributed by atoms with Gasteiger partial charge in [0.15, 0.2) is 0 Å². The highest BCUT2D eigenvalue weighted by atomic mass is 35.5. The Morgan fingerprint density at radius 2 is 1.91 bits per heavy atom. The van der Waals surface area contributed by atoms with E-state index in [4.69, 9.17) is 11.6 Å². The maximum Gasteiger partial charge on any atom is 0.239 e. The van der Waals surface area contributed by atoms with E-state index in [2.05, 4.69) is 10.6 Å². The number of nitrogens with one attached hydrogen (secondary N) is 2. The van der Waals surface area contributed by atoms with E-state index in [1.54, 1.807) is 18.2 Å². The fourth-order valence-electron chi connectivity index (χ4n) is 2.02. The number of carbonyl (C=O) groups is 1. The van der Waals surface area contributed by atoms with Crippen LogP contribution in [0.25, 0.3) is 0 Å². The summed E-state index contributed by atoms with van der Waals surface area (Å²) in [6, 6.07) is 11.8. The molecule has 0 unspecified atom stereocenters. The predicted octanol–water partition coefficient (Wildman–Crippen LogP) is 3.56. The zero-order valence-electron chi connectivity index (χ0n) is 12.3. The van der Waals surface area contributed by atoms with Gasteiger partial charge >= 0.3 is 0 Å². The Kier molecular flexibility index (Phi) is 5.78. The monoisotopic (exact) mass is 320 g/mol. The Morgan fingerprint density at radius 3 is 2.64 bits per heavy atom. The standard InChI is InChI=1S/C17H18ClFN2O/c1-12-2-5-14(18)10-16(12)21-11-17(22)20-9-8-13-3-6-15(19)7-4-13/h2-7,10,21H,8-9,11H2,1H3,(H,20,22). The Labute approximate surface area is 134 Å². The average molecular weight is 321 g/mol. The molecule has 0 bridgehead atoms. The summed E-state index contributed by atoms with van der Waals surface area (Å²) >= 11 is 5.93. The Bertz CT molecular complexity index is 644. The summed E-state index contributed by atoms with van der Waals surface area (Å²) in [5, 5.41) is 6.51. The molecule has 0 aliphatic rings. The second-order valence-electron chi connectivity index (χ2n) is 5.04. The van der Waals surface area contributed by atoms with E-state index < -0.39 is 0 Å². The van der Waals surface area contributed by atoms with Crippen LogP contribution in [-0.4, -0.2) is 19.0 Å². The highest BCUT2D eigenvalue weighted by molar-refractivity contribution is 6.30. The molecule has 0 saturated carbocycles. The second kappa shape index (κ2) is 7.80. The number of hydrogen-bond acceptors (Lipinski definition) is 2. The first kappa shape index (κ1) is 16.3. The van der Waals surface area contributed by atoms with Crippen molar-refractivity contribution in [2.24, 2.45) is 0 Å². The quantitative estimate of drug-likeness (QED) is 0.854. The molecule has 0 saturated heterocycles. The molecule has 116 valence electrons. The zero-order chi connectivity index (χ0) is 15.9. The molecule has 1 amide bonds. The van der Waals surface area contributed by atoms with E-state index in [1.807, 2.05) is 19.1 Å². The molecule has 2 N–H and O–H groups in total. The highest BCUT2D eigenvalue weighted by Gasteiger charge is 2.03. The highest BCUT2D eigenvalue weighted by Crippen LogP contribution is 2.19. The third-order valence-electron chi connectivity index (χ3n) is 3.29. The topological polar surface area (TPSA) is 41.1 Å². The van der Waals surface area contributed by atoms with E-state index in [1.165, 1.54) is 12.1 Å². The zero-order valence-corrected chi connectivity index (χ0v) is 13.1. The summed E-state index contributed by atoms with van der Waals surface area (Å²) in [6.07, 6.45) is 0.669. The van der Waals surface area contributed by atoms with Crippen molar-refractivity contribution in [2.45, 2.75) is 13.3 Å². The van der Waals surface area contributed by atoms with E-state index >= 15 is 0 Å². The van der Waals surface area contributed by atoms with E-state index in [0.29, 0.717) is 18.0 Å². The Hall–Kier alpha value is -2.07. The molecule has 2 aromatic carbocycles. The van der Waals surface area contributed by atoms with Crippen molar-refractivity contribution < 1.29 is 9.18 Å². The van der Waals surface area contributed by atoms with Crippen LogP contribution in [0.15, 0.2) is 42.5 Å². The molecule has 0 atom stereocenters. The van der Waals surface area contributed by atoms with Gasteiger partial charge in [0.1, 0.15) is 5.82 Å². The van der Waals surface area contributed by atoms with Crippen LogP contribution in [0.5, 0.6) is 0 Å². The SMILES string of the molecule is Cc1ccc(Cl)cc1NCC(=O)NCCc1ccc(F)cc1. The first-order chi connectivity index (χ1) is 10.5. The van der Waals surface area contributed by atoms with Gasteiger partial charge in [-0.1, -0.05) is 29.8 Å². The van der Waals surface area contributed by atoms with Gasteiger partial charge in [0.25, 0.3) is 0 Å². The number of aryl methyl sites for hydroxylation is 1. The van der Waals surface area contributed by atoms with E-state index in [-0.39, 0.29) is 18.3 Å². The predicted molar refractivity (Wildman–Crippen MR) is 87.8 cm³/mol. The minimum absolute atomic E-state index is 0.0958. The van der Waals surface area contributed by atoms with Crippen molar-refractivity contribution in [3.8, 4) is 0 Å². The molecule has 0 aliphatic heterocycles. The maximum absolute atomic E-state index is 12.8. The lowest BCUT2D eigenvalue weighted by Gasteiger charge is -2.10. The minimum atomic E-state index is -0.256. The lowest BCUT2D eigenvalue weighted by Crippen LogP contribution is -2.31. The lowest BCUT2D eigenvalue weighted by atomic mass is 10.1. The average Bonchev–Trinajstić information content (AvgIpc) is 2.50. The van der Waals surface area contributed by atoms with Crippen molar-refractivity contribution in [3.63, 3.8) is 0 Å². The Morgan fingerprint density at radius 1 is 1.18 bits per heavy atom. The molecule has 0 heterocycles. The number of carbonyl (C=O) groups excluding carboxylic acids is 1. The maximum atomic E-state index is 12.8. The lowest BCUT2D eigenvalue weighted by molar-refractivity contribution is -0.119. The van der Waals surface area contributed by atoms with Gasteiger partial charge < -0.3 is 10.6 Å². The van der Waals surface area contributed by atoms with Crippen LogP contribution in [0.1, 0.15) is 11.1 Å². The van der Waals surface area contributed by atoms with Gasteiger partial charge in [0.05, 0.1) is 6.54 Å². The van der Waals surface area contributed by atoms with Crippen LogP contribution < -0.4 is 10.6 Å². The van der Waals surface area contributed by atoms with E-state index in [9.17, 15) is 9.18 Å². The molecule has 0 spiro atoms. The van der Waals surface area contributed by atoms with E-state index in [0.717, 1.165) is 16.8 Å². The van der Waals surface area contributed by atoms with Gasteiger partial charge in [-0.3, -0.25) is 4.79 Å². The third kappa shape index (κ3) is 5.04. The van der Waals surface area contributed by atoms with Gasteiger partial charge in [-0.15, -0.1) is 0 Å². The summed E-state index contributed by atoms with van der Waals surface area (Å²) in [7, 11) is 0. The summed E-state index contributed by atoms with van der Waals surface area (Å²) in [5.74, 6) is -0.352. The second-order valence-corrected chi connectivity index (χ2v) is 5.48. The van der Waals surface area contributed by atoms with Crippen LogP contribution in [0, 0.1) is 12.7 Å². The van der Waals surface area contributed by atoms with Crippen molar-refractivity contribution in [3.05, 3.63) is 64.4 Å². The third-order valence-corrected chi connectivity index (χ3v) is 3.52. The smallest absolute Gasteiger partial charge is 0.239 e. The fraction of sp³-hybridized carbons (Fsp3) is 0.235. The molecule has 22 heavy (non-hydrogen) atoms. The van der Waals surface area contributed by atoms with Crippen molar-refractivity contribution in [2.75, 3.05) is 18.4 Å². The molecule has 0 radical (unpaired) electrons. The van der Waals surface area contributed by atoms with Gasteiger partial charge in [-0.25, -0.2) is 4.39 Å². The first-order valence-electron chi connectivity index (χ1n) is 7.06. The first-order valence-corrected chi connectivity index (χ1v) is 7.43. The number of anilines is 1. The fourth-order valence-corrected chi connectivity index (χ4v) is 2.19. The number of rotatable bonds is 6. The largest absolute Gasteiger partial charge is 0.376 e. The summed E-state index contributed by atoms with van der Waals surface area (Å²) in [4.78, 5) is 11.8. The molecular weight excluding hydrogens is 303 g/mol. The van der Waals surface area contributed by atoms with Crippen molar-refractivity contribution in [1.82, 2.24) is 5.32 Å². The number of benzene rings is 2. The Balaban J connectivity index is 1.74. The normalized spacial score (nSPS) is 10.3. The molecular formula is C17H18ClFN2O. The number of hydrogen-bond donors (Lipinski definition) is 2. The van der Waals surface area contributed by atoms with Crippen LogP contribution in [-0.2, 0) is 11.2 Å². The molecule has 5 heteroatoms. The minimum Gasteiger partial charge on any atom is -0.376 e. The van der Waals surface area contributed by atoms with Crippen LogP contribution in [0.3, 0.4) is 0 Å². The van der Waals surface area contributed by atoms with Crippen molar-refractivity contribution >= 4 is 23.2 Å². The molecule has 0 aromatic heterocycles. The molecule has 2 rings (SSSR count). The van der Waals surface area contributed by atoms with Crippen LogP contribution in [0.4, 0.5) is 10.1 Å². The van der Waals surface area contributed by atoms with Gasteiger partial charge in [-0.2, -0.15) is 0 Å². The molecule has 0 fully saturated rings. The molecule has 0 aliphatic carbocycles. The van der Waals surface area contributed by atoms with Gasteiger partial charge in [-0.05, 0) is 48.7 Å². The number of halogens is 2.